The number of H-pyrrole nitrogens is 1. The largest absolute Gasteiger partial charge is 0.488 e. The highest BCUT2D eigenvalue weighted by molar-refractivity contribution is 5.75. The van der Waals surface area contributed by atoms with Crippen LogP contribution in [0, 0.1) is 0 Å². The number of carbonyl (C=O) groups is 1. The Morgan fingerprint density at radius 3 is 2.91 bits per heavy atom. The fourth-order valence-corrected chi connectivity index (χ4v) is 2.37. The van der Waals surface area contributed by atoms with Gasteiger partial charge in [-0.25, -0.2) is 4.79 Å². The van der Waals surface area contributed by atoms with Crippen LogP contribution < -0.4 is 21.3 Å². The van der Waals surface area contributed by atoms with Gasteiger partial charge < -0.3 is 10.1 Å². The van der Waals surface area contributed by atoms with Gasteiger partial charge in [0.15, 0.2) is 0 Å². The number of nitrogens with one attached hydrogen (secondary N) is 2. The summed E-state index contributed by atoms with van der Waals surface area (Å²) < 4.78 is 6.86. The molecule has 0 unspecified atom stereocenters. The van der Waals surface area contributed by atoms with Crippen LogP contribution in [0.4, 0.5) is 0 Å². The van der Waals surface area contributed by atoms with E-state index in [2.05, 4.69) is 10.3 Å². The molecule has 7 nitrogen and oxygen atoms in total. The maximum atomic E-state index is 11.9. The van der Waals surface area contributed by atoms with E-state index in [4.69, 9.17) is 4.74 Å². The number of ether oxygens (including phenoxy) is 1. The molecule has 1 aromatic heterocycles. The lowest BCUT2D eigenvalue weighted by molar-refractivity contribution is -0.122. The molecule has 0 fully saturated rings. The first-order valence-corrected chi connectivity index (χ1v) is 6.93. The fourth-order valence-electron chi connectivity index (χ4n) is 2.37. The van der Waals surface area contributed by atoms with Gasteiger partial charge in [0.2, 0.25) is 5.91 Å². The van der Waals surface area contributed by atoms with Gasteiger partial charge in [0.25, 0.3) is 5.56 Å². The van der Waals surface area contributed by atoms with Gasteiger partial charge in [0.05, 0.1) is 6.54 Å². The smallest absolute Gasteiger partial charge is 0.328 e. The highest BCUT2D eigenvalue weighted by Crippen LogP contribution is 2.27. The quantitative estimate of drug-likeness (QED) is 0.807. The van der Waals surface area contributed by atoms with E-state index >= 15 is 0 Å². The van der Waals surface area contributed by atoms with Crippen LogP contribution in [0.5, 0.6) is 5.75 Å². The molecule has 0 spiro atoms. The van der Waals surface area contributed by atoms with Crippen LogP contribution in [0.1, 0.15) is 5.56 Å². The third-order valence-electron chi connectivity index (χ3n) is 3.45. The number of hydrogen-bond acceptors (Lipinski definition) is 4. The Kier molecular flexibility index (Phi) is 3.78. The molecule has 1 atom stereocenters. The number of benzene rings is 1. The third kappa shape index (κ3) is 3.08. The summed E-state index contributed by atoms with van der Waals surface area (Å²) in [5, 5.41) is 2.73. The minimum Gasteiger partial charge on any atom is -0.488 e. The summed E-state index contributed by atoms with van der Waals surface area (Å²) >= 11 is 0. The van der Waals surface area contributed by atoms with Crippen molar-refractivity contribution in [2.75, 3.05) is 6.54 Å². The normalized spacial score (nSPS) is 15.9. The minimum absolute atomic E-state index is 0.103. The SMILES string of the molecule is O=C(Cn1ccc(=O)[nH]c1=O)NC[C@@H]1Cc2ccccc2O1. The number of rotatable bonds is 4. The van der Waals surface area contributed by atoms with Crippen LogP contribution in [-0.4, -0.2) is 28.1 Å². The van der Waals surface area contributed by atoms with Gasteiger partial charge in [-0.05, 0) is 11.6 Å². The number of para-hydroxylation sites is 1. The number of carbonyl (C=O) groups excluding carboxylic acids is 1. The van der Waals surface area contributed by atoms with Crippen molar-refractivity contribution in [2.24, 2.45) is 0 Å². The van der Waals surface area contributed by atoms with Gasteiger partial charge in [-0.1, -0.05) is 18.2 Å². The number of aromatic amines is 1. The first-order chi connectivity index (χ1) is 10.6. The van der Waals surface area contributed by atoms with Crippen molar-refractivity contribution in [2.45, 2.75) is 19.1 Å². The summed E-state index contributed by atoms with van der Waals surface area (Å²) in [6.45, 7) is 0.223. The molecule has 0 saturated heterocycles. The maximum Gasteiger partial charge on any atom is 0.328 e. The average Bonchev–Trinajstić information content (AvgIpc) is 2.91. The first kappa shape index (κ1) is 14.1. The summed E-state index contributed by atoms with van der Waals surface area (Å²) in [6, 6.07) is 8.95. The summed E-state index contributed by atoms with van der Waals surface area (Å²) in [4.78, 5) is 36.4. The number of amides is 1. The van der Waals surface area contributed by atoms with E-state index in [9.17, 15) is 14.4 Å². The maximum absolute atomic E-state index is 11.9. The minimum atomic E-state index is -0.604. The Balaban J connectivity index is 1.53. The molecule has 2 aromatic rings. The predicted octanol–water partition coefficient (Wildman–Crippen LogP) is -0.343. The monoisotopic (exact) mass is 301 g/mol. The zero-order valence-corrected chi connectivity index (χ0v) is 11.7. The molecule has 0 radical (unpaired) electrons. The number of aromatic nitrogens is 2. The second kappa shape index (κ2) is 5.88. The summed E-state index contributed by atoms with van der Waals surface area (Å²) in [5.41, 5.74) is 0.0320. The van der Waals surface area contributed by atoms with Crippen LogP contribution in [0.15, 0.2) is 46.1 Å². The molecule has 0 bridgehead atoms. The van der Waals surface area contributed by atoms with Crippen molar-refractivity contribution in [3.63, 3.8) is 0 Å². The lowest BCUT2D eigenvalue weighted by Gasteiger charge is -2.12. The number of hydrogen-bond donors (Lipinski definition) is 2. The summed E-state index contributed by atoms with van der Waals surface area (Å²) in [6.07, 6.45) is 1.94. The van der Waals surface area contributed by atoms with Crippen LogP contribution in [0.2, 0.25) is 0 Å². The van der Waals surface area contributed by atoms with Crippen LogP contribution in [0.25, 0.3) is 0 Å². The van der Waals surface area contributed by atoms with Crippen molar-refractivity contribution in [1.29, 1.82) is 0 Å². The topological polar surface area (TPSA) is 93.2 Å². The van der Waals surface area contributed by atoms with Crippen LogP contribution >= 0.6 is 0 Å². The molecule has 0 aliphatic carbocycles. The number of nitrogens with zero attached hydrogens (tertiary/aromatic N) is 1. The van der Waals surface area contributed by atoms with Crippen molar-refractivity contribution in [3.05, 3.63) is 62.9 Å². The predicted molar refractivity (Wildman–Crippen MR) is 78.9 cm³/mol. The number of fused-ring (bicyclic) bond motifs is 1. The van der Waals surface area contributed by atoms with E-state index in [0.717, 1.165) is 22.3 Å². The Labute approximate surface area is 125 Å². The molecule has 1 aliphatic heterocycles. The standard InChI is InChI=1S/C15H15N3O4/c19-13-5-6-18(15(21)17-13)9-14(20)16-8-11-7-10-3-1-2-4-12(10)22-11/h1-6,11H,7-9H2,(H,16,20)(H,17,19,21)/t11-/m0/s1. The average molecular weight is 301 g/mol. The lowest BCUT2D eigenvalue weighted by Crippen LogP contribution is -2.39. The molecular weight excluding hydrogens is 286 g/mol. The highest BCUT2D eigenvalue weighted by atomic mass is 16.5. The Morgan fingerprint density at radius 2 is 2.14 bits per heavy atom. The Hall–Kier alpha value is -2.83. The highest BCUT2D eigenvalue weighted by Gasteiger charge is 2.22. The van der Waals surface area contributed by atoms with Gasteiger partial charge in [0, 0.05) is 18.7 Å². The van der Waals surface area contributed by atoms with Gasteiger partial charge in [-0.3, -0.25) is 19.1 Å². The second-order valence-electron chi connectivity index (χ2n) is 5.09. The van der Waals surface area contributed by atoms with Gasteiger partial charge in [-0.15, -0.1) is 0 Å². The molecule has 22 heavy (non-hydrogen) atoms. The van der Waals surface area contributed by atoms with E-state index in [1.54, 1.807) is 0 Å². The zero-order chi connectivity index (χ0) is 15.5. The van der Waals surface area contributed by atoms with Crippen molar-refractivity contribution in [3.8, 4) is 5.75 Å². The molecule has 1 aliphatic rings. The molecular formula is C15H15N3O4. The lowest BCUT2D eigenvalue weighted by atomic mass is 10.1. The molecule has 2 heterocycles. The van der Waals surface area contributed by atoms with E-state index in [0.29, 0.717) is 6.54 Å². The zero-order valence-electron chi connectivity index (χ0n) is 11.7. The van der Waals surface area contributed by atoms with E-state index in [1.807, 2.05) is 24.3 Å². The van der Waals surface area contributed by atoms with Crippen LogP contribution in [0.3, 0.4) is 0 Å². The van der Waals surface area contributed by atoms with Crippen molar-refractivity contribution < 1.29 is 9.53 Å². The summed E-state index contributed by atoms with van der Waals surface area (Å²) in [7, 11) is 0. The fraction of sp³-hybridized carbons (Fsp3) is 0.267. The van der Waals surface area contributed by atoms with E-state index in [1.165, 1.54) is 12.3 Å². The molecule has 0 saturated carbocycles. The second-order valence-corrected chi connectivity index (χ2v) is 5.09. The first-order valence-electron chi connectivity index (χ1n) is 6.93. The van der Waals surface area contributed by atoms with Crippen molar-refractivity contribution in [1.82, 2.24) is 14.9 Å². The van der Waals surface area contributed by atoms with Crippen molar-refractivity contribution >= 4 is 5.91 Å². The molecule has 2 N–H and O–H groups in total. The molecule has 1 amide bonds. The van der Waals surface area contributed by atoms with Gasteiger partial charge in [-0.2, -0.15) is 0 Å². The Bertz CT molecular complexity index is 784. The van der Waals surface area contributed by atoms with Crippen LogP contribution in [-0.2, 0) is 17.8 Å². The third-order valence-corrected chi connectivity index (χ3v) is 3.45. The Morgan fingerprint density at radius 1 is 1.32 bits per heavy atom. The molecule has 1 aromatic carbocycles. The molecule has 114 valence electrons. The summed E-state index contributed by atoms with van der Waals surface area (Å²) in [5.74, 6) is 0.535. The van der Waals surface area contributed by atoms with E-state index in [-0.39, 0.29) is 18.6 Å². The van der Waals surface area contributed by atoms with E-state index < -0.39 is 11.2 Å². The molecule has 3 rings (SSSR count). The van der Waals surface area contributed by atoms with Gasteiger partial charge >= 0.3 is 5.69 Å². The molecule has 7 heteroatoms. The van der Waals surface area contributed by atoms with Gasteiger partial charge in [0.1, 0.15) is 18.4 Å².